The van der Waals surface area contributed by atoms with Crippen molar-refractivity contribution in [3.8, 4) is 0 Å². The molecule has 0 aromatic heterocycles. The van der Waals surface area contributed by atoms with Gasteiger partial charge in [-0.2, -0.15) is 0 Å². The summed E-state index contributed by atoms with van der Waals surface area (Å²) in [5.74, 6) is 0.407. The Morgan fingerprint density at radius 1 is 1.45 bits per heavy atom. The van der Waals surface area contributed by atoms with Crippen molar-refractivity contribution in [1.29, 1.82) is 0 Å². The number of carbonyl (C=O) groups is 1. The fourth-order valence-electron chi connectivity index (χ4n) is 3.13. The first-order valence-corrected chi connectivity index (χ1v) is 7.88. The van der Waals surface area contributed by atoms with E-state index in [1.165, 1.54) is 16.7 Å². The number of hydrogen-bond acceptors (Lipinski definition) is 1. The molecule has 0 N–H and O–H groups in total. The van der Waals surface area contributed by atoms with Crippen molar-refractivity contribution in [3.63, 3.8) is 0 Å². The molecule has 0 saturated heterocycles. The van der Waals surface area contributed by atoms with Crippen molar-refractivity contribution >= 4 is 21.8 Å². The Kier molecular flexibility index (Phi) is 3.55. The average Bonchev–Trinajstić information content (AvgIpc) is 2.73. The number of fused-ring (bicyclic) bond motifs is 1. The number of carbonyl (C=O) groups excluding carboxylic acids is 1. The van der Waals surface area contributed by atoms with Gasteiger partial charge in [-0.1, -0.05) is 37.3 Å². The second-order valence-electron chi connectivity index (χ2n) is 5.44. The van der Waals surface area contributed by atoms with Crippen molar-refractivity contribution < 1.29 is 4.79 Å². The lowest BCUT2D eigenvalue weighted by atomic mass is 9.88. The Morgan fingerprint density at radius 3 is 3.00 bits per heavy atom. The molecule has 0 radical (unpaired) electrons. The summed E-state index contributed by atoms with van der Waals surface area (Å²) in [5, 5.41) is 0. The van der Waals surface area contributed by atoms with Gasteiger partial charge in [0.1, 0.15) is 0 Å². The first kappa shape index (κ1) is 13.6. The fourth-order valence-corrected chi connectivity index (χ4v) is 3.86. The lowest BCUT2D eigenvalue weighted by Gasteiger charge is -2.32. The molecule has 2 aliphatic carbocycles. The van der Waals surface area contributed by atoms with Crippen LogP contribution in [0.25, 0.3) is 0 Å². The largest absolute Gasteiger partial charge is 0.275 e. The van der Waals surface area contributed by atoms with Crippen molar-refractivity contribution in [1.82, 2.24) is 4.90 Å². The van der Waals surface area contributed by atoms with Crippen molar-refractivity contribution in [2.45, 2.75) is 32.6 Å². The van der Waals surface area contributed by atoms with E-state index in [-0.39, 0.29) is 11.8 Å². The predicted molar refractivity (Wildman–Crippen MR) is 84.9 cm³/mol. The molecule has 104 valence electrons. The highest BCUT2D eigenvalue weighted by Gasteiger charge is 2.34. The van der Waals surface area contributed by atoms with Crippen LogP contribution in [0.15, 0.2) is 57.9 Å². The summed E-state index contributed by atoms with van der Waals surface area (Å²) in [6.45, 7) is 6.17. The minimum absolute atomic E-state index is 0.138. The standard InChI is InChI=1S/C17H18BrNO/c1-3-16(20)19-15-7-5-4-6-13-11(2)8-9-12(17(19)18)10-14(13)15/h4-7,13H,2-3,8-10H2,1H3. The number of nitrogens with zero attached hydrogens (tertiary/aromatic N) is 1. The second kappa shape index (κ2) is 5.21. The quantitative estimate of drug-likeness (QED) is 0.508. The molecule has 2 nitrogen and oxygen atoms in total. The van der Waals surface area contributed by atoms with Gasteiger partial charge in [0.25, 0.3) is 0 Å². The highest BCUT2D eigenvalue weighted by molar-refractivity contribution is 9.11. The van der Waals surface area contributed by atoms with Crippen LogP contribution in [-0.2, 0) is 4.79 Å². The zero-order valence-corrected chi connectivity index (χ0v) is 13.2. The number of halogens is 1. The molecule has 3 aliphatic rings. The van der Waals surface area contributed by atoms with Gasteiger partial charge in [0.15, 0.2) is 0 Å². The van der Waals surface area contributed by atoms with Crippen LogP contribution < -0.4 is 0 Å². The number of allylic oxidation sites excluding steroid dienone is 7. The molecule has 0 spiro atoms. The average molecular weight is 332 g/mol. The smallest absolute Gasteiger partial charge is 0.231 e. The first-order valence-electron chi connectivity index (χ1n) is 7.09. The lowest BCUT2D eigenvalue weighted by Crippen LogP contribution is -2.31. The Bertz CT molecular complexity index is 606. The fraction of sp³-hybridized carbons (Fsp3) is 0.353. The third-order valence-corrected chi connectivity index (χ3v) is 5.16. The monoisotopic (exact) mass is 331 g/mol. The van der Waals surface area contributed by atoms with Gasteiger partial charge in [-0.05, 0) is 52.4 Å². The maximum absolute atomic E-state index is 12.4. The molecule has 1 atom stereocenters. The highest BCUT2D eigenvalue weighted by atomic mass is 79.9. The van der Waals surface area contributed by atoms with Crippen LogP contribution >= 0.6 is 15.9 Å². The minimum atomic E-state index is 0.138. The van der Waals surface area contributed by atoms with E-state index in [0.29, 0.717) is 6.42 Å². The molecule has 3 heteroatoms. The van der Waals surface area contributed by atoms with Crippen molar-refractivity contribution in [2.24, 2.45) is 5.92 Å². The molecule has 0 aromatic carbocycles. The van der Waals surface area contributed by atoms with Gasteiger partial charge >= 0.3 is 0 Å². The summed E-state index contributed by atoms with van der Waals surface area (Å²) < 4.78 is 0.947. The zero-order valence-electron chi connectivity index (χ0n) is 11.7. The van der Waals surface area contributed by atoms with Crippen molar-refractivity contribution in [2.75, 3.05) is 0 Å². The van der Waals surface area contributed by atoms with Crippen molar-refractivity contribution in [3.05, 3.63) is 57.9 Å². The van der Waals surface area contributed by atoms with Crippen LogP contribution in [0.3, 0.4) is 0 Å². The Hall–Kier alpha value is -1.35. The molecular weight excluding hydrogens is 314 g/mol. The number of amides is 1. The lowest BCUT2D eigenvalue weighted by molar-refractivity contribution is -0.126. The third kappa shape index (κ3) is 2.05. The molecule has 1 fully saturated rings. The summed E-state index contributed by atoms with van der Waals surface area (Å²) in [6, 6.07) is 0. The summed E-state index contributed by atoms with van der Waals surface area (Å²) in [7, 11) is 0. The molecule has 1 amide bonds. The summed E-state index contributed by atoms with van der Waals surface area (Å²) in [6.07, 6.45) is 11.8. The van der Waals surface area contributed by atoms with Crippen LogP contribution in [0.2, 0.25) is 0 Å². The van der Waals surface area contributed by atoms with Gasteiger partial charge in [-0.25, -0.2) is 0 Å². The first-order chi connectivity index (χ1) is 9.63. The maximum Gasteiger partial charge on any atom is 0.231 e. The molecule has 0 aromatic rings. The SMILES string of the molecule is C=C1CCC2=C(Br)N(C(=O)CC)C3=C(C2)C1C=CC=C3. The van der Waals surface area contributed by atoms with E-state index in [2.05, 4.69) is 40.7 Å². The minimum Gasteiger partial charge on any atom is -0.275 e. The van der Waals surface area contributed by atoms with Gasteiger partial charge in [0, 0.05) is 18.0 Å². The molecule has 3 rings (SSSR count). The van der Waals surface area contributed by atoms with Gasteiger partial charge in [0.2, 0.25) is 5.91 Å². The van der Waals surface area contributed by atoms with Crippen LogP contribution in [0.5, 0.6) is 0 Å². The van der Waals surface area contributed by atoms with Gasteiger partial charge in [0.05, 0.1) is 4.61 Å². The molecule has 1 unspecified atom stereocenters. The van der Waals surface area contributed by atoms with E-state index in [9.17, 15) is 4.79 Å². The van der Waals surface area contributed by atoms with E-state index < -0.39 is 0 Å². The zero-order chi connectivity index (χ0) is 14.3. The van der Waals surface area contributed by atoms with E-state index in [4.69, 9.17) is 0 Å². The van der Waals surface area contributed by atoms with E-state index in [0.717, 1.165) is 29.6 Å². The van der Waals surface area contributed by atoms with Crippen LogP contribution in [0, 0.1) is 5.92 Å². The molecule has 1 saturated carbocycles. The third-order valence-electron chi connectivity index (χ3n) is 4.25. The van der Waals surface area contributed by atoms with E-state index in [1.54, 1.807) is 0 Å². The Labute approximate surface area is 128 Å². The summed E-state index contributed by atoms with van der Waals surface area (Å²) in [4.78, 5) is 14.2. The molecule has 20 heavy (non-hydrogen) atoms. The topological polar surface area (TPSA) is 20.3 Å². The van der Waals surface area contributed by atoms with Gasteiger partial charge < -0.3 is 0 Å². The van der Waals surface area contributed by atoms with E-state index >= 15 is 0 Å². The molecule has 1 aliphatic heterocycles. The Morgan fingerprint density at radius 2 is 2.25 bits per heavy atom. The normalized spacial score (nSPS) is 25.0. The predicted octanol–water partition coefficient (Wildman–Crippen LogP) is 4.58. The van der Waals surface area contributed by atoms with Gasteiger partial charge in [-0.15, -0.1) is 0 Å². The second-order valence-corrected chi connectivity index (χ2v) is 6.20. The maximum atomic E-state index is 12.4. The van der Waals surface area contributed by atoms with Crippen LogP contribution in [0.1, 0.15) is 32.6 Å². The van der Waals surface area contributed by atoms with E-state index in [1.807, 2.05) is 17.9 Å². The molecule has 1 heterocycles. The summed E-state index contributed by atoms with van der Waals surface area (Å²) >= 11 is 3.66. The van der Waals surface area contributed by atoms with Crippen LogP contribution in [-0.4, -0.2) is 10.8 Å². The van der Waals surface area contributed by atoms with Crippen LogP contribution in [0.4, 0.5) is 0 Å². The number of rotatable bonds is 1. The molecule has 2 bridgehead atoms. The van der Waals surface area contributed by atoms with Gasteiger partial charge in [-0.3, -0.25) is 9.69 Å². The number of hydrogen-bond donors (Lipinski definition) is 0. The Balaban J connectivity index is 2.20. The molecular formula is C17H18BrNO. The summed E-state index contributed by atoms with van der Waals surface area (Å²) in [5.41, 5.74) is 4.92. The highest BCUT2D eigenvalue weighted by Crippen LogP contribution is 2.46.